The first-order chi connectivity index (χ1) is 4.66. The van der Waals surface area contributed by atoms with Gasteiger partial charge in [0, 0.05) is 11.9 Å². The molecule has 0 aromatic heterocycles. The molecule has 0 aromatic carbocycles. The molecule has 0 unspecified atom stereocenters. The molecule has 0 aliphatic rings. The smallest absolute Gasteiger partial charge is 0.0310 e. The van der Waals surface area contributed by atoms with Crippen molar-refractivity contribution in [1.82, 2.24) is 5.43 Å². The highest BCUT2D eigenvalue weighted by Gasteiger charge is 1.94. The van der Waals surface area contributed by atoms with Crippen LogP contribution in [0.2, 0.25) is 0 Å². The molecule has 0 radical (unpaired) electrons. The molecule has 0 fully saturated rings. The molecule has 3 heteroatoms. The molecule has 0 saturated heterocycles. The molecule has 0 aromatic rings. The van der Waals surface area contributed by atoms with E-state index in [1.165, 1.54) is 0 Å². The number of hydrazine groups is 1. The van der Waals surface area contributed by atoms with Crippen molar-refractivity contribution >= 4 is 0 Å². The first-order valence-electron chi connectivity index (χ1n) is 3.57. The van der Waals surface area contributed by atoms with E-state index >= 15 is 0 Å². The molecule has 0 aliphatic heterocycles. The number of hydrogen-bond donors (Lipinski definition) is 3. The third-order valence-corrected chi connectivity index (χ3v) is 1.28. The molecule has 5 N–H and O–H groups in total. The maximum atomic E-state index is 5.55. The SMILES string of the molecule is CC(C)CC/C(N)=C/NN. The summed E-state index contributed by atoms with van der Waals surface area (Å²) in [4.78, 5) is 0. The number of nitrogens with two attached hydrogens (primary N) is 2. The fraction of sp³-hybridized carbons (Fsp3) is 0.714. The molecule has 60 valence electrons. The summed E-state index contributed by atoms with van der Waals surface area (Å²) in [7, 11) is 0. The van der Waals surface area contributed by atoms with E-state index in [4.69, 9.17) is 11.6 Å². The topological polar surface area (TPSA) is 64.1 Å². The lowest BCUT2D eigenvalue weighted by Gasteiger charge is -2.03. The highest BCUT2D eigenvalue weighted by molar-refractivity contribution is 4.93. The van der Waals surface area contributed by atoms with Gasteiger partial charge in [-0.1, -0.05) is 13.8 Å². The van der Waals surface area contributed by atoms with Crippen LogP contribution in [0, 0.1) is 5.92 Å². The predicted octanol–water partition coefficient (Wildman–Crippen LogP) is 0.686. The summed E-state index contributed by atoms with van der Waals surface area (Å²) in [5.41, 5.74) is 8.77. The zero-order chi connectivity index (χ0) is 7.98. The van der Waals surface area contributed by atoms with Crippen molar-refractivity contribution in [2.24, 2.45) is 17.5 Å². The lowest BCUT2D eigenvalue weighted by atomic mass is 10.1. The molecule has 3 nitrogen and oxygen atoms in total. The van der Waals surface area contributed by atoms with E-state index in [9.17, 15) is 0 Å². The van der Waals surface area contributed by atoms with Crippen molar-refractivity contribution in [3.63, 3.8) is 0 Å². The minimum atomic E-state index is 0.699. The van der Waals surface area contributed by atoms with Gasteiger partial charge >= 0.3 is 0 Å². The van der Waals surface area contributed by atoms with Crippen LogP contribution in [-0.4, -0.2) is 0 Å². The summed E-state index contributed by atoms with van der Waals surface area (Å²) < 4.78 is 0. The molecule has 0 bridgehead atoms. The zero-order valence-corrected chi connectivity index (χ0v) is 6.72. The van der Waals surface area contributed by atoms with Gasteiger partial charge in [-0.3, -0.25) is 5.84 Å². The van der Waals surface area contributed by atoms with Crippen LogP contribution < -0.4 is 17.0 Å². The summed E-state index contributed by atoms with van der Waals surface area (Å²) in [5, 5.41) is 0. The van der Waals surface area contributed by atoms with Crippen LogP contribution in [0.5, 0.6) is 0 Å². The molecule has 0 atom stereocenters. The van der Waals surface area contributed by atoms with Crippen LogP contribution in [0.1, 0.15) is 26.7 Å². The number of hydrogen-bond acceptors (Lipinski definition) is 3. The van der Waals surface area contributed by atoms with E-state index in [2.05, 4.69) is 19.3 Å². The third-order valence-electron chi connectivity index (χ3n) is 1.28. The van der Waals surface area contributed by atoms with Crippen LogP contribution in [0.25, 0.3) is 0 Å². The fourth-order valence-corrected chi connectivity index (χ4v) is 0.635. The van der Waals surface area contributed by atoms with Crippen molar-refractivity contribution in [2.45, 2.75) is 26.7 Å². The maximum absolute atomic E-state index is 5.55. The van der Waals surface area contributed by atoms with Gasteiger partial charge in [0.25, 0.3) is 0 Å². The van der Waals surface area contributed by atoms with Crippen LogP contribution in [0.3, 0.4) is 0 Å². The standard InChI is InChI=1S/C7H17N3/c1-6(2)3-4-7(8)5-10-9/h5-6,10H,3-4,8-9H2,1-2H3/b7-5-. The first kappa shape index (κ1) is 9.30. The third kappa shape index (κ3) is 5.44. The van der Waals surface area contributed by atoms with Gasteiger partial charge in [0.15, 0.2) is 0 Å². The second kappa shape index (κ2) is 5.11. The number of allylic oxidation sites excluding steroid dienone is 1. The lowest BCUT2D eigenvalue weighted by molar-refractivity contribution is 0.581. The molecular weight excluding hydrogens is 126 g/mol. The van der Waals surface area contributed by atoms with Crippen molar-refractivity contribution in [1.29, 1.82) is 0 Å². The average molecular weight is 143 g/mol. The monoisotopic (exact) mass is 143 g/mol. The lowest BCUT2D eigenvalue weighted by Crippen LogP contribution is -2.16. The van der Waals surface area contributed by atoms with Crippen LogP contribution in [-0.2, 0) is 0 Å². The van der Waals surface area contributed by atoms with Gasteiger partial charge in [-0.05, 0) is 18.8 Å². The van der Waals surface area contributed by atoms with Gasteiger partial charge in [-0.15, -0.1) is 0 Å². The van der Waals surface area contributed by atoms with E-state index in [0.717, 1.165) is 18.5 Å². The van der Waals surface area contributed by atoms with Crippen LogP contribution in [0.15, 0.2) is 11.9 Å². The largest absolute Gasteiger partial charge is 0.401 e. The van der Waals surface area contributed by atoms with Gasteiger partial charge in [-0.25, -0.2) is 0 Å². The van der Waals surface area contributed by atoms with Gasteiger partial charge in [0.05, 0.1) is 0 Å². The second-order valence-electron chi connectivity index (χ2n) is 2.82. The van der Waals surface area contributed by atoms with Crippen molar-refractivity contribution < 1.29 is 0 Å². The highest BCUT2D eigenvalue weighted by atomic mass is 15.2. The van der Waals surface area contributed by atoms with Crippen molar-refractivity contribution in [3.8, 4) is 0 Å². The Labute approximate surface area is 62.4 Å². The summed E-state index contributed by atoms with van der Waals surface area (Å²) in [5.74, 6) is 5.73. The molecule has 0 spiro atoms. The maximum Gasteiger partial charge on any atom is 0.0310 e. The summed E-state index contributed by atoms with van der Waals surface area (Å²) in [6.07, 6.45) is 3.66. The van der Waals surface area contributed by atoms with Gasteiger partial charge in [-0.2, -0.15) is 0 Å². The molecule has 0 amide bonds. The molecule has 0 rings (SSSR count). The Morgan fingerprint density at radius 3 is 2.60 bits per heavy atom. The predicted molar refractivity (Wildman–Crippen MR) is 43.7 cm³/mol. The fourth-order valence-electron chi connectivity index (χ4n) is 0.635. The Balaban J connectivity index is 3.39. The Hall–Kier alpha value is -0.700. The molecule has 0 saturated carbocycles. The summed E-state index contributed by atoms with van der Waals surface area (Å²) in [6, 6.07) is 0. The second-order valence-corrected chi connectivity index (χ2v) is 2.82. The van der Waals surface area contributed by atoms with E-state index in [-0.39, 0.29) is 0 Å². The molecular formula is C7H17N3. The Morgan fingerprint density at radius 1 is 1.60 bits per heavy atom. The van der Waals surface area contributed by atoms with Gasteiger partial charge in [0.2, 0.25) is 0 Å². The minimum Gasteiger partial charge on any atom is -0.401 e. The summed E-state index contributed by atoms with van der Waals surface area (Å²) >= 11 is 0. The van der Waals surface area contributed by atoms with Gasteiger partial charge < -0.3 is 11.2 Å². The normalized spacial score (nSPS) is 12.2. The zero-order valence-electron chi connectivity index (χ0n) is 6.72. The van der Waals surface area contributed by atoms with E-state index in [1.54, 1.807) is 6.20 Å². The quantitative estimate of drug-likeness (QED) is 0.400. The number of nitrogens with one attached hydrogen (secondary N) is 1. The summed E-state index contributed by atoms with van der Waals surface area (Å²) in [6.45, 7) is 4.34. The van der Waals surface area contributed by atoms with E-state index in [0.29, 0.717) is 5.92 Å². The highest BCUT2D eigenvalue weighted by Crippen LogP contribution is 2.06. The Bertz CT molecular complexity index is 107. The minimum absolute atomic E-state index is 0.699. The molecule has 0 aliphatic carbocycles. The average Bonchev–Trinajstić information content (AvgIpc) is 1.85. The molecule has 0 heterocycles. The van der Waals surface area contributed by atoms with Crippen molar-refractivity contribution in [2.75, 3.05) is 0 Å². The van der Waals surface area contributed by atoms with Gasteiger partial charge in [0.1, 0.15) is 0 Å². The Morgan fingerprint density at radius 2 is 2.20 bits per heavy atom. The van der Waals surface area contributed by atoms with E-state index in [1.807, 2.05) is 0 Å². The first-order valence-corrected chi connectivity index (χ1v) is 3.57. The Kier molecular flexibility index (Phi) is 4.76. The van der Waals surface area contributed by atoms with Crippen molar-refractivity contribution in [3.05, 3.63) is 11.9 Å². The van der Waals surface area contributed by atoms with Crippen LogP contribution >= 0.6 is 0 Å². The molecule has 10 heavy (non-hydrogen) atoms. The number of rotatable bonds is 4. The van der Waals surface area contributed by atoms with Crippen LogP contribution in [0.4, 0.5) is 0 Å². The van der Waals surface area contributed by atoms with E-state index < -0.39 is 0 Å².